The maximum atomic E-state index is 12.9. The molecule has 4 rings (SSSR count). The van der Waals surface area contributed by atoms with E-state index in [1.807, 2.05) is 35.2 Å². The number of fused-ring (bicyclic) bond motifs is 1. The molecule has 0 radical (unpaired) electrons. The molecule has 27 heavy (non-hydrogen) atoms. The smallest absolute Gasteiger partial charge is 0.229 e. The van der Waals surface area contributed by atoms with Crippen molar-refractivity contribution in [3.8, 4) is 11.5 Å². The number of rotatable bonds is 4. The van der Waals surface area contributed by atoms with Crippen molar-refractivity contribution in [1.82, 2.24) is 4.90 Å². The molecule has 2 aliphatic heterocycles. The molecule has 1 unspecified atom stereocenters. The molecule has 0 N–H and O–H groups in total. The van der Waals surface area contributed by atoms with E-state index < -0.39 is 0 Å². The van der Waals surface area contributed by atoms with Crippen LogP contribution in [0.25, 0.3) is 0 Å². The lowest BCUT2D eigenvalue weighted by Crippen LogP contribution is -2.45. The molecule has 2 aromatic carbocycles. The van der Waals surface area contributed by atoms with Crippen molar-refractivity contribution in [1.29, 1.82) is 0 Å². The van der Waals surface area contributed by atoms with Gasteiger partial charge in [0.15, 0.2) is 0 Å². The number of carbonyl (C=O) groups excluding carboxylic acids is 1. The Kier molecular flexibility index (Phi) is 5.33. The van der Waals surface area contributed by atoms with Crippen LogP contribution >= 0.6 is 0 Å². The van der Waals surface area contributed by atoms with E-state index >= 15 is 0 Å². The van der Waals surface area contributed by atoms with Gasteiger partial charge in [0, 0.05) is 13.1 Å². The Morgan fingerprint density at radius 2 is 1.85 bits per heavy atom. The molecule has 1 amide bonds. The lowest BCUT2D eigenvalue weighted by Gasteiger charge is -2.35. The first-order valence-corrected chi connectivity index (χ1v) is 9.85. The standard InChI is InChI=1S/C23H27NO3/c1-26-21-8-6-17(7-9-21)14-18-10-12-24(13-11-18)23(25)20-15-19-4-2-3-5-22(19)27-16-20/h2-9,18,20H,10-16H2,1H3. The number of ether oxygens (including phenoxy) is 2. The first-order chi connectivity index (χ1) is 13.2. The molecule has 0 saturated carbocycles. The molecule has 0 aromatic heterocycles. The second kappa shape index (κ2) is 8.03. The summed E-state index contributed by atoms with van der Waals surface area (Å²) in [6.07, 6.45) is 4.01. The minimum atomic E-state index is -0.0435. The number of hydrogen-bond donors (Lipinski definition) is 0. The molecule has 2 aliphatic rings. The van der Waals surface area contributed by atoms with Gasteiger partial charge in [-0.25, -0.2) is 0 Å². The molecule has 2 aromatic rings. The van der Waals surface area contributed by atoms with Crippen LogP contribution in [0.15, 0.2) is 48.5 Å². The summed E-state index contributed by atoms with van der Waals surface area (Å²) < 4.78 is 11.0. The third-order valence-electron chi connectivity index (χ3n) is 5.84. The molecule has 2 heterocycles. The van der Waals surface area contributed by atoms with Gasteiger partial charge < -0.3 is 14.4 Å². The molecule has 0 bridgehead atoms. The average Bonchev–Trinajstić information content (AvgIpc) is 2.74. The van der Waals surface area contributed by atoms with Crippen LogP contribution in [-0.2, 0) is 17.6 Å². The first-order valence-electron chi connectivity index (χ1n) is 9.85. The third-order valence-corrected chi connectivity index (χ3v) is 5.84. The Labute approximate surface area is 161 Å². The van der Waals surface area contributed by atoms with Crippen molar-refractivity contribution < 1.29 is 14.3 Å². The molecule has 1 saturated heterocycles. The highest BCUT2D eigenvalue weighted by Gasteiger charge is 2.31. The molecule has 1 fully saturated rings. The highest BCUT2D eigenvalue weighted by atomic mass is 16.5. The van der Waals surface area contributed by atoms with Gasteiger partial charge in [-0.05, 0) is 60.9 Å². The van der Waals surface area contributed by atoms with Crippen molar-refractivity contribution >= 4 is 5.91 Å². The zero-order chi connectivity index (χ0) is 18.6. The molecule has 1 atom stereocenters. The van der Waals surface area contributed by atoms with Crippen molar-refractivity contribution in [2.75, 3.05) is 26.8 Å². The maximum absolute atomic E-state index is 12.9. The van der Waals surface area contributed by atoms with Gasteiger partial charge in [0.1, 0.15) is 18.1 Å². The predicted octanol–water partition coefficient (Wildman–Crippen LogP) is 3.73. The number of hydrogen-bond acceptors (Lipinski definition) is 3. The lowest BCUT2D eigenvalue weighted by atomic mass is 9.89. The number of para-hydroxylation sites is 1. The van der Waals surface area contributed by atoms with Crippen molar-refractivity contribution in [3.05, 3.63) is 59.7 Å². The van der Waals surface area contributed by atoms with Crippen molar-refractivity contribution in [2.45, 2.75) is 25.7 Å². The molecule has 4 heteroatoms. The van der Waals surface area contributed by atoms with E-state index in [1.54, 1.807) is 7.11 Å². The first kappa shape index (κ1) is 17.9. The van der Waals surface area contributed by atoms with Gasteiger partial charge in [-0.15, -0.1) is 0 Å². The highest BCUT2D eigenvalue weighted by Crippen LogP contribution is 2.29. The highest BCUT2D eigenvalue weighted by molar-refractivity contribution is 5.80. The van der Waals surface area contributed by atoms with Crippen molar-refractivity contribution in [3.63, 3.8) is 0 Å². The summed E-state index contributed by atoms with van der Waals surface area (Å²) in [4.78, 5) is 15.0. The van der Waals surface area contributed by atoms with Crippen LogP contribution in [0.3, 0.4) is 0 Å². The second-order valence-electron chi connectivity index (χ2n) is 7.64. The lowest BCUT2D eigenvalue weighted by molar-refractivity contribution is -0.138. The summed E-state index contributed by atoms with van der Waals surface area (Å²) in [5.41, 5.74) is 2.49. The molecule has 142 valence electrons. The topological polar surface area (TPSA) is 38.8 Å². The van der Waals surface area contributed by atoms with Crippen LogP contribution in [0.2, 0.25) is 0 Å². The van der Waals surface area contributed by atoms with Gasteiger partial charge in [-0.2, -0.15) is 0 Å². The molecular formula is C23H27NO3. The van der Waals surface area contributed by atoms with Crippen molar-refractivity contribution in [2.24, 2.45) is 11.8 Å². The fourth-order valence-electron chi connectivity index (χ4n) is 4.20. The Balaban J connectivity index is 1.29. The third kappa shape index (κ3) is 4.10. The molecule has 4 nitrogen and oxygen atoms in total. The van der Waals surface area contributed by atoms with Gasteiger partial charge in [0.2, 0.25) is 5.91 Å². The van der Waals surface area contributed by atoms with Gasteiger partial charge in [0.25, 0.3) is 0 Å². The summed E-state index contributed by atoms with van der Waals surface area (Å²) in [6, 6.07) is 16.4. The van der Waals surface area contributed by atoms with Crippen LogP contribution in [0.1, 0.15) is 24.0 Å². The Morgan fingerprint density at radius 3 is 2.59 bits per heavy atom. The van der Waals surface area contributed by atoms with E-state index in [4.69, 9.17) is 9.47 Å². The average molecular weight is 365 g/mol. The van der Waals surface area contributed by atoms with Gasteiger partial charge >= 0.3 is 0 Å². The van der Waals surface area contributed by atoms with Gasteiger partial charge in [-0.1, -0.05) is 30.3 Å². The SMILES string of the molecule is COc1ccc(CC2CCN(C(=O)C3COc4ccccc4C3)CC2)cc1. The minimum absolute atomic E-state index is 0.0435. The monoisotopic (exact) mass is 365 g/mol. The fourth-order valence-corrected chi connectivity index (χ4v) is 4.20. The van der Waals surface area contributed by atoms with E-state index in [0.29, 0.717) is 12.5 Å². The largest absolute Gasteiger partial charge is 0.497 e. The van der Waals surface area contributed by atoms with Gasteiger partial charge in [-0.3, -0.25) is 4.79 Å². The summed E-state index contributed by atoms with van der Waals surface area (Å²) in [5, 5.41) is 0. The van der Waals surface area contributed by atoms with Crippen LogP contribution in [0.5, 0.6) is 11.5 Å². The second-order valence-corrected chi connectivity index (χ2v) is 7.64. The normalized spacial score (nSPS) is 19.9. The molecular weight excluding hydrogens is 338 g/mol. The molecule has 0 aliphatic carbocycles. The number of piperidine rings is 1. The fraction of sp³-hybridized carbons (Fsp3) is 0.435. The Bertz CT molecular complexity index is 778. The van der Waals surface area contributed by atoms with E-state index in [0.717, 1.165) is 55.8 Å². The summed E-state index contributed by atoms with van der Waals surface area (Å²) >= 11 is 0. The quantitative estimate of drug-likeness (QED) is 0.829. The number of amides is 1. The summed E-state index contributed by atoms with van der Waals surface area (Å²) in [7, 11) is 1.69. The van der Waals surface area contributed by atoms with Crippen LogP contribution in [0, 0.1) is 11.8 Å². The van der Waals surface area contributed by atoms with E-state index in [9.17, 15) is 4.79 Å². The summed E-state index contributed by atoms with van der Waals surface area (Å²) in [6.45, 7) is 2.22. The number of likely N-dealkylation sites (tertiary alicyclic amines) is 1. The Morgan fingerprint density at radius 1 is 1.11 bits per heavy atom. The van der Waals surface area contributed by atoms with Crippen LogP contribution in [-0.4, -0.2) is 37.6 Å². The number of carbonyl (C=O) groups is 1. The van der Waals surface area contributed by atoms with E-state index in [-0.39, 0.29) is 11.8 Å². The van der Waals surface area contributed by atoms with Crippen LogP contribution in [0.4, 0.5) is 0 Å². The maximum Gasteiger partial charge on any atom is 0.229 e. The zero-order valence-electron chi connectivity index (χ0n) is 15.9. The van der Waals surface area contributed by atoms with E-state index in [2.05, 4.69) is 18.2 Å². The number of methoxy groups -OCH3 is 1. The number of benzene rings is 2. The molecule has 0 spiro atoms. The summed E-state index contributed by atoms with van der Waals surface area (Å²) in [5.74, 6) is 2.69. The van der Waals surface area contributed by atoms with E-state index in [1.165, 1.54) is 5.56 Å². The minimum Gasteiger partial charge on any atom is -0.497 e. The zero-order valence-corrected chi connectivity index (χ0v) is 15.9. The van der Waals surface area contributed by atoms with Crippen LogP contribution < -0.4 is 9.47 Å². The predicted molar refractivity (Wildman–Crippen MR) is 105 cm³/mol. The van der Waals surface area contributed by atoms with Gasteiger partial charge in [0.05, 0.1) is 13.0 Å². The number of nitrogens with zero attached hydrogens (tertiary/aromatic N) is 1. The Hall–Kier alpha value is -2.49.